The molecule has 0 unspecified atom stereocenters. The third kappa shape index (κ3) is 4.25. The number of halogens is 1. The van der Waals surface area contributed by atoms with Gasteiger partial charge in [0.15, 0.2) is 6.61 Å². The highest BCUT2D eigenvalue weighted by molar-refractivity contribution is 6.33. The molecule has 132 valence electrons. The first kappa shape index (κ1) is 17.6. The van der Waals surface area contributed by atoms with Crippen molar-refractivity contribution in [3.8, 4) is 11.5 Å². The Labute approximate surface area is 153 Å². The van der Waals surface area contributed by atoms with Crippen LogP contribution in [0.4, 0.5) is 5.69 Å². The highest BCUT2D eigenvalue weighted by atomic mass is 35.5. The van der Waals surface area contributed by atoms with Crippen LogP contribution in [0.2, 0.25) is 5.02 Å². The van der Waals surface area contributed by atoms with E-state index < -0.39 is 5.97 Å². The molecule has 1 amide bonds. The molecule has 2 aromatic carbocycles. The molecule has 26 heavy (non-hydrogen) atoms. The second-order valence-electron chi connectivity index (χ2n) is 5.32. The number of rotatable bonds is 5. The van der Waals surface area contributed by atoms with Gasteiger partial charge < -0.3 is 14.5 Å². The Morgan fingerprint density at radius 2 is 1.85 bits per heavy atom. The lowest BCUT2D eigenvalue weighted by Crippen LogP contribution is -2.08. The molecule has 1 heterocycles. The van der Waals surface area contributed by atoms with Crippen molar-refractivity contribution < 1.29 is 18.7 Å². The van der Waals surface area contributed by atoms with Crippen molar-refractivity contribution in [2.45, 2.75) is 13.5 Å². The van der Waals surface area contributed by atoms with Crippen molar-refractivity contribution in [3.63, 3.8) is 0 Å². The van der Waals surface area contributed by atoms with Crippen LogP contribution >= 0.6 is 11.6 Å². The summed E-state index contributed by atoms with van der Waals surface area (Å²) in [7, 11) is 0. The second-order valence-corrected chi connectivity index (χ2v) is 5.72. The minimum atomic E-state index is -0.545. The number of esters is 1. The predicted octanol–water partition coefficient (Wildman–Crippen LogP) is 3.71. The van der Waals surface area contributed by atoms with Gasteiger partial charge in [0.2, 0.25) is 11.8 Å². The number of ether oxygens (including phenoxy) is 1. The Hall–Kier alpha value is -3.19. The minimum Gasteiger partial charge on any atom is -0.452 e. The van der Waals surface area contributed by atoms with Crippen molar-refractivity contribution in [2.24, 2.45) is 0 Å². The van der Waals surface area contributed by atoms with E-state index >= 15 is 0 Å². The lowest BCUT2D eigenvalue weighted by molar-refractivity contribution is -0.114. The molecule has 7 nitrogen and oxygen atoms in total. The van der Waals surface area contributed by atoms with Crippen LogP contribution in [0.15, 0.2) is 52.9 Å². The maximum absolute atomic E-state index is 12.1. The highest BCUT2D eigenvalue weighted by Crippen LogP contribution is 2.26. The van der Waals surface area contributed by atoms with Crippen LogP contribution in [0.1, 0.15) is 23.2 Å². The average Bonchev–Trinajstić information content (AvgIpc) is 3.09. The molecule has 0 aliphatic heterocycles. The van der Waals surface area contributed by atoms with E-state index in [0.717, 1.165) is 0 Å². The summed E-state index contributed by atoms with van der Waals surface area (Å²) in [4.78, 5) is 23.0. The molecule has 0 bridgehead atoms. The fraction of sp³-hybridized carbons (Fsp3) is 0.111. The van der Waals surface area contributed by atoms with Crippen LogP contribution < -0.4 is 5.32 Å². The number of benzene rings is 2. The molecule has 1 N–H and O–H groups in total. The van der Waals surface area contributed by atoms with Crippen LogP contribution in [0.5, 0.6) is 0 Å². The van der Waals surface area contributed by atoms with Gasteiger partial charge in [0.25, 0.3) is 5.89 Å². The van der Waals surface area contributed by atoms with Crippen LogP contribution in [-0.4, -0.2) is 22.1 Å². The molecule has 0 radical (unpaired) electrons. The zero-order chi connectivity index (χ0) is 18.5. The number of nitrogens with one attached hydrogen (secondary N) is 1. The summed E-state index contributed by atoms with van der Waals surface area (Å²) in [6.45, 7) is 1.24. The van der Waals surface area contributed by atoms with Crippen LogP contribution in [0, 0.1) is 0 Å². The molecule has 0 aliphatic rings. The normalized spacial score (nSPS) is 10.4. The van der Waals surface area contributed by atoms with Crippen molar-refractivity contribution in [1.82, 2.24) is 10.2 Å². The summed E-state index contributed by atoms with van der Waals surface area (Å²) in [6, 6.07) is 13.4. The molecule has 0 spiro atoms. The molecule has 0 aliphatic carbocycles. The van der Waals surface area contributed by atoms with Gasteiger partial charge in [-0.3, -0.25) is 4.79 Å². The van der Waals surface area contributed by atoms with Crippen LogP contribution in [-0.2, 0) is 16.1 Å². The predicted molar refractivity (Wildman–Crippen MR) is 94.6 cm³/mol. The minimum absolute atomic E-state index is 0.156. The number of anilines is 1. The molecule has 1 aromatic heterocycles. The van der Waals surface area contributed by atoms with Gasteiger partial charge in [-0.05, 0) is 36.4 Å². The standard InChI is InChI=1S/C18H14ClN3O4/c1-11(23)20-13-8-6-12(7-9-13)18(24)25-10-16-21-22-17(26-16)14-4-2-3-5-15(14)19/h2-9H,10H2,1H3,(H,20,23). The van der Waals surface area contributed by atoms with Crippen molar-refractivity contribution >= 4 is 29.2 Å². The zero-order valence-electron chi connectivity index (χ0n) is 13.7. The maximum Gasteiger partial charge on any atom is 0.338 e. The fourth-order valence-corrected chi connectivity index (χ4v) is 2.38. The summed E-state index contributed by atoms with van der Waals surface area (Å²) in [5.41, 5.74) is 1.54. The molecular weight excluding hydrogens is 358 g/mol. The number of aromatic nitrogens is 2. The lowest BCUT2D eigenvalue weighted by atomic mass is 10.2. The van der Waals surface area contributed by atoms with Gasteiger partial charge in [0, 0.05) is 12.6 Å². The number of hydrogen-bond donors (Lipinski definition) is 1. The summed E-state index contributed by atoms with van der Waals surface area (Å²) in [5.74, 6) is -0.327. The largest absolute Gasteiger partial charge is 0.452 e. The number of amides is 1. The lowest BCUT2D eigenvalue weighted by Gasteiger charge is -2.04. The number of carbonyl (C=O) groups excluding carboxylic acids is 2. The van der Waals surface area contributed by atoms with Gasteiger partial charge in [0.05, 0.1) is 16.1 Å². The van der Waals surface area contributed by atoms with Gasteiger partial charge in [-0.2, -0.15) is 0 Å². The van der Waals surface area contributed by atoms with Gasteiger partial charge >= 0.3 is 5.97 Å². The Morgan fingerprint density at radius 3 is 2.54 bits per heavy atom. The summed E-state index contributed by atoms with van der Waals surface area (Å²) in [6.07, 6.45) is 0. The van der Waals surface area contributed by atoms with E-state index in [1.54, 1.807) is 48.5 Å². The highest BCUT2D eigenvalue weighted by Gasteiger charge is 2.14. The molecule has 8 heteroatoms. The molecule has 0 atom stereocenters. The van der Waals surface area contributed by atoms with Gasteiger partial charge in [-0.1, -0.05) is 23.7 Å². The molecule has 0 fully saturated rings. The Bertz CT molecular complexity index is 938. The van der Waals surface area contributed by atoms with E-state index in [1.165, 1.54) is 6.92 Å². The van der Waals surface area contributed by atoms with Gasteiger partial charge in [-0.25, -0.2) is 4.79 Å². The van der Waals surface area contributed by atoms with E-state index in [4.69, 9.17) is 20.8 Å². The molecule has 3 rings (SSSR count). The number of nitrogens with zero attached hydrogens (tertiary/aromatic N) is 2. The first-order chi connectivity index (χ1) is 12.5. The van der Waals surface area contributed by atoms with E-state index in [2.05, 4.69) is 15.5 Å². The Morgan fingerprint density at radius 1 is 1.12 bits per heavy atom. The van der Waals surface area contributed by atoms with E-state index in [0.29, 0.717) is 21.8 Å². The zero-order valence-corrected chi connectivity index (χ0v) is 14.5. The maximum atomic E-state index is 12.1. The van der Waals surface area contributed by atoms with Crippen LogP contribution in [0.25, 0.3) is 11.5 Å². The first-order valence-corrected chi connectivity index (χ1v) is 8.03. The summed E-state index contributed by atoms with van der Waals surface area (Å²) in [5, 5.41) is 10.9. The molecule has 0 saturated carbocycles. The van der Waals surface area contributed by atoms with Gasteiger partial charge in [-0.15, -0.1) is 10.2 Å². The fourth-order valence-electron chi connectivity index (χ4n) is 2.16. The third-order valence-electron chi connectivity index (χ3n) is 3.34. The topological polar surface area (TPSA) is 94.3 Å². The quantitative estimate of drug-likeness (QED) is 0.687. The second kappa shape index (κ2) is 7.79. The molecule has 0 saturated heterocycles. The molecule has 3 aromatic rings. The number of hydrogen-bond acceptors (Lipinski definition) is 6. The third-order valence-corrected chi connectivity index (χ3v) is 3.67. The van der Waals surface area contributed by atoms with E-state index in [-0.39, 0.29) is 24.3 Å². The first-order valence-electron chi connectivity index (χ1n) is 7.65. The van der Waals surface area contributed by atoms with Crippen molar-refractivity contribution in [3.05, 3.63) is 65.0 Å². The molecular formula is C18H14ClN3O4. The Kier molecular flexibility index (Phi) is 5.28. The van der Waals surface area contributed by atoms with E-state index in [9.17, 15) is 9.59 Å². The summed E-state index contributed by atoms with van der Waals surface area (Å²) >= 11 is 6.08. The smallest absolute Gasteiger partial charge is 0.338 e. The average molecular weight is 372 g/mol. The number of carbonyl (C=O) groups is 2. The SMILES string of the molecule is CC(=O)Nc1ccc(C(=O)OCc2nnc(-c3ccccc3Cl)o2)cc1. The van der Waals surface area contributed by atoms with Crippen molar-refractivity contribution in [2.75, 3.05) is 5.32 Å². The van der Waals surface area contributed by atoms with Crippen molar-refractivity contribution in [1.29, 1.82) is 0 Å². The van der Waals surface area contributed by atoms with Gasteiger partial charge in [0.1, 0.15) is 0 Å². The monoisotopic (exact) mass is 371 g/mol. The Balaban J connectivity index is 1.61. The van der Waals surface area contributed by atoms with Crippen LogP contribution in [0.3, 0.4) is 0 Å². The summed E-state index contributed by atoms with van der Waals surface area (Å²) < 4.78 is 10.6. The van der Waals surface area contributed by atoms with E-state index in [1.807, 2.05) is 0 Å².